The molecule has 0 aliphatic carbocycles. The number of aromatic nitrogens is 1. The maximum Gasteiger partial charge on any atom is 0.237 e. The Bertz CT molecular complexity index is 302. The number of ether oxygens (including phenoxy) is 2. The van der Waals surface area contributed by atoms with Gasteiger partial charge in [-0.05, 0) is 25.5 Å². The highest BCUT2D eigenvalue weighted by Gasteiger charge is 2.08. The topological polar surface area (TPSA) is 57.4 Å². The molecule has 78 valence electrons. The van der Waals surface area contributed by atoms with Crippen LogP contribution in [0.25, 0.3) is 0 Å². The van der Waals surface area contributed by atoms with Crippen molar-refractivity contribution in [3.05, 3.63) is 17.8 Å². The summed E-state index contributed by atoms with van der Waals surface area (Å²) in [6, 6.07) is 1.85. The summed E-state index contributed by atoms with van der Waals surface area (Å²) < 4.78 is 10.5. The zero-order valence-corrected chi connectivity index (χ0v) is 8.78. The van der Waals surface area contributed by atoms with Gasteiger partial charge in [-0.1, -0.05) is 0 Å². The lowest BCUT2D eigenvalue weighted by Crippen LogP contribution is -2.19. The van der Waals surface area contributed by atoms with Crippen LogP contribution in [-0.2, 0) is 4.74 Å². The number of nitrogens with two attached hydrogens (primary N) is 1. The molecule has 0 amide bonds. The zero-order chi connectivity index (χ0) is 10.6. The minimum atomic E-state index is -0.0448. The Kier molecular flexibility index (Phi) is 3.71. The van der Waals surface area contributed by atoms with Crippen LogP contribution in [0, 0.1) is 6.92 Å². The molecule has 1 heterocycles. The second kappa shape index (κ2) is 4.81. The van der Waals surface area contributed by atoms with Gasteiger partial charge in [0.1, 0.15) is 6.10 Å². The summed E-state index contributed by atoms with van der Waals surface area (Å²) >= 11 is 0. The monoisotopic (exact) mass is 196 g/mol. The van der Waals surface area contributed by atoms with Gasteiger partial charge in [0.25, 0.3) is 0 Å². The van der Waals surface area contributed by atoms with Crippen molar-refractivity contribution in [1.29, 1.82) is 0 Å². The van der Waals surface area contributed by atoms with Crippen LogP contribution in [0.2, 0.25) is 0 Å². The second-order valence-corrected chi connectivity index (χ2v) is 3.23. The average molecular weight is 196 g/mol. The number of aryl methyl sites for hydroxylation is 1. The lowest BCUT2D eigenvalue weighted by Gasteiger charge is -2.14. The smallest absolute Gasteiger partial charge is 0.237 e. The number of pyridine rings is 1. The summed E-state index contributed by atoms with van der Waals surface area (Å²) in [6.45, 7) is 4.35. The van der Waals surface area contributed by atoms with Gasteiger partial charge >= 0.3 is 0 Å². The number of methoxy groups -OCH3 is 1. The van der Waals surface area contributed by atoms with Gasteiger partial charge in [0.05, 0.1) is 12.3 Å². The molecule has 1 unspecified atom stereocenters. The van der Waals surface area contributed by atoms with E-state index in [0.29, 0.717) is 18.2 Å². The van der Waals surface area contributed by atoms with Gasteiger partial charge in [0.2, 0.25) is 5.88 Å². The molecule has 1 aromatic rings. The number of rotatable bonds is 4. The highest BCUT2D eigenvalue weighted by atomic mass is 16.5. The third-order valence-corrected chi connectivity index (χ3v) is 1.89. The number of nitrogen functional groups attached to an aromatic ring is 1. The quantitative estimate of drug-likeness (QED) is 0.790. The van der Waals surface area contributed by atoms with Crippen LogP contribution >= 0.6 is 0 Å². The van der Waals surface area contributed by atoms with Crippen molar-refractivity contribution in [2.75, 3.05) is 19.5 Å². The first-order chi connectivity index (χ1) is 6.65. The van der Waals surface area contributed by atoms with E-state index in [9.17, 15) is 0 Å². The molecule has 0 spiro atoms. The standard InChI is InChI=1S/C10H16N2O2/c1-7-4-5-12-10(9(7)11)14-8(2)6-13-3/h4-5,8H,6,11H2,1-3H3. The third-order valence-electron chi connectivity index (χ3n) is 1.89. The first kappa shape index (κ1) is 10.8. The fourth-order valence-electron chi connectivity index (χ4n) is 1.10. The molecular weight excluding hydrogens is 180 g/mol. The summed E-state index contributed by atoms with van der Waals surface area (Å²) in [4.78, 5) is 4.06. The molecule has 0 saturated carbocycles. The molecule has 1 aromatic heterocycles. The molecule has 0 fully saturated rings. The molecule has 0 saturated heterocycles. The molecule has 14 heavy (non-hydrogen) atoms. The van der Waals surface area contributed by atoms with E-state index in [1.54, 1.807) is 13.3 Å². The average Bonchev–Trinajstić information content (AvgIpc) is 2.13. The number of hydrogen-bond acceptors (Lipinski definition) is 4. The summed E-state index contributed by atoms with van der Waals surface area (Å²) in [5, 5.41) is 0. The molecule has 1 rings (SSSR count). The highest BCUT2D eigenvalue weighted by molar-refractivity contribution is 5.53. The van der Waals surface area contributed by atoms with Crippen LogP contribution < -0.4 is 10.5 Å². The van der Waals surface area contributed by atoms with Gasteiger partial charge in [-0.25, -0.2) is 4.98 Å². The normalized spacial score (nSPS) is 12.5. The molecule has 2 N–H and O–H groups in total. The van der Waals surface area contributed by atoms with Crippen molar-refractivity contribution in [2.45, 2.75) is 20.0 Å². The number of hydrogen-bond donors (Lipinski definition) is 1. The summed E-state index contributed by atoms with van der Waals surface area (Å²) in [5.74, 6) is 0.481. The Hall–Kier alpha value is -1.29. The third kappa shape index (κ3) is 2.60. The van der Waals surface area contributed by atoms with Crippen LogP contribution in [0.4, 0.5) is 5.69 Å². The van der Waals surface area contributed by atoms with Gasteiger partial charge in [0, 0.05) is 13.3 Å². The van der Waals surface area contributed by atoms with Crippen molar-refractivity contribution in [3.8, 4) is 5.88 Å². The molecule has 1 atom stereocenters. The minimum Gasteiger partial charge on any atom is -0.471 e. The first-order valence-corrected chi connectivity index (χ1v) is 4.51. The van der Waals surface area contributed by atoms with Crippen LogP contribution in [0.3, 0.4) is 0 Å². The number of nitrogens with zero attached hydrogens (tertiary/aromatic N) is 1. The van der Waals surface area contributed by atoms with Gasteiger partial charge in [-0.3, -0.25) is 0 Å². The lowest BCUT2D eigenvalue weighted by molar-refractivity contribution is 0.0895. The van der Waals surface area contributed by atoms with Gasteiger partial charge < -0.3 is 15.2 Å². The van der Waals surface area contributed by atoms with Crippen molar-refractivity contribution < 1.29 is 9.47 Å². The molecular formula is C10H16N2O2. The summed E-state index contributed by atoms with van der Waals surface area (Å²) in [5.41, 5.74) is 7.36. The first-order valence-electron chi connectivity index (χ1n) is 4.51. The fourth-order valence-corrected chi connectivity index (χ4v) is 1.10. The van der Waals surface area contributed by atoms with E-state index in [1.165, 1.54) is 0 Å². The molecule has 4 nitrogen and oxygen atoms in total. The largest absolute Gasteiger partial charge is 0.471 e. The lowest BCUT2D eigenvalue weighted by atomic mass is 10.2. The van der Waals surface area contributed by atoms with E-state index in [0.717, 1.165) is 5.56 Å². The zero-order valence-electron chi connectivity index (χ0n) is 8.78. The fraction of sp³-hybridized carbons (Fsp3) is 0.500. The van der Waals surface area contributed by atoms with Crippen LogP contribution in [0.5, 0.6) is 5.88 Å². The Labute approximate surface area is 84.0 Å². The number of anilines is 1. The SMILES string of the molecule is COCC(C)Oc1nccc(C)c1N. The van der Waals surface area contributed by atoms with Crippen molar-refractivity contribution in [2.24, 2.45) is 0 Å². The van der Waals surface area contributed by atoms with Gasteiger partial charge in [-0.15, -0.1) is 0 Å². The summed E-state index contributed by atoms with van der Waals surface area (Å²) in [6.07, 6.45) is 1.64. The van der Waals surface area contributed by atoms with Crippen LogP contribution in [-0.4, -0.2) is 24.8 Å². The van der Waals surface area contributed by atoms with Gasteiger partial charge in [0.15, 0.2) is 0 Å². The molecule has 0 radical (unpaired) electrons. The van der Waals surface area contributed by atoms with Crippen molar-refractivity contribution >= 4 is 5.69 Å². The molecule has 0 aliphatic heterocycles. The molecule has 0 bridgehead atoms. The van der Waals surface area contributed by atoms with Gasteiger partial charge in [-0.2, -0.15) is 0 Å². The Morgan fingerprint density at radius 1 is 1.57 bits per heavy atom. The Morgan fingerprint density at radius 2 is 2.29 bits per heavy atom. The van der Waals surface area contributed by atoms with E-state index in [-0.39, 0.29) is 6.10 Å². The highest BCUT2D eigenvalue weighted by Crippen LogP contribution is 2.22. The van der Waals surface area contributed by atoms with E-state index in [4.69, 9.17) is 15.2 Å². The second-order valence-electron chi connectivity index (χ2n) is 3.23. The molecule has 0 aromatic carbocycles. The molecule has 4 heteroatoms. The van der Waals surface area contributed by atoms with Crippen molar-refractivity contribution in [3.63, 3.8) is 0 Å². The van der Waals surface area contributed by atoms with Crippen molar-refractivity contribution in [1.82, 2.24) is 4.98 Å². The Balaban J connectivity index is 2.71. The van der Waals surface area contributed by atoms with E-state index < -0.39 is 0 Å². The predicted molar refractivity (Wildman–Crippen MR) is 55.4 cm³/mol. The van der Waals surface area contributed by atoms with Crippen LogP contribution in [0.15, 0.2) is 12.3 Å². The van der Waals surface area contributed by atoms with Crippen LogP contribution in [0.1, 0.15) is 12.5 Å². The maximum atomic E-state index is 5.80. The van der Waals surface area contributed by atoms with E-state index in [2.05, 4.69) is 4.98 Å². The minimum absolute atomic E-state index is 0.0448. The summed E-state index contributed by atoms with van der Waals surface area (Å²) in [7, 11) is 1.63. The maximum absolute atomic E-state index is 5.80. The predicted octanol–water partition coefficient (Wildman–Crippen LogP) is 1.39. The molecule has 0 aliphatic rings. The van der Waals surface area contributed by atoms with E-state index in [1.807, 2.05) is 19.9 Å². The Morgan fingerprint density at radius 3 is 2.93 bits per heavy atom. The van der Waals surface area contributed by atoms with E-state index >= 15 is 0 Å².